The van der Waals surface area contributed by atoms with Gasteiger partial charge in [0.05, 0.1) is 18.1 Å². The summed E-state index contributed by atoms with van der Waals surface area (Å²) >= 11 is 0. The van der Waals surface area contributed by atoms with E-state index in [0.29, 0.717) is 43.1 Å². The van der Waals surface area contributed by atoms with E-state index in [9.17, 15) is 18.0 Å². The standard InChI is InChI=1S/C21H27F3N6O2/c1-4-13(2)11-17(31)25-9-5-6-10-26-18-19-28-29-20(21(22,23)24)30(19)16-8-7-14(32-3)12-15(16)27-18/h7-8,12-13H,4-6,9-11H2,1-3H3,(H,25,31)(H,26,27). The van der Waals surface area contributed by atoms with Crippen LogP contribution in [-0.2, 0) is 11.0 Å². The number of hydrogen-bond donors (Lipinski definition) is 2. The molecule has 1 aromatic carbocycles. The largest absolute Gasteiger partial charge is 0.497 e. The molecule has 3 rings (SSSR count). The van der Waals surface area contributed by atoms with Crippen LogP contribution in [0.25, 0.3) is 16.7 Å². The van der Waals surface area contributed by atoms with Crippen molar-refractivity contribution in [2.45, 2.75) is 45.7 Å². The van der Waals surface area contributed by atoms with Crippen LogP contribution in [0.4, 0.5) is 19.0 Å². The average Bonchev–Trinajstić information content (AvgIpc) is 3.21. The number of amides is 1. The summed E-state index contributed by atoms with van der Waals surface area (Å²) in [5.74, 6) is -0.0551. The Balaban J connectivity index is 1.72. The fourth-order valence-corrected chi connectivity index (χ4v) is 3.26. The van der Waals surface area contributed by atoms with Gasteiger partial charge in [-0.1, -0.05) is 20.3 Å². The van der Waals surface area contributed by atoms with Crippen molar-refractivity contribution in [3.05, 3.63) is 24.0 Å². The van der Waals surface area contributed by atoms with Gasteiger partial charge in [0.15, 0.2) is 5.82 Å². The number of methoxy groups -OCH3 is 1. The lowest BCUT2D eigenvalue weighted by Gasteiger charge is -2.12. The van der Waals surface area contributed by atoms with E-state index in [-0.39, 0.29) is 22.9 Å². The van der Waals surface area contributed by atoms with Crippen LogP contribution in [0.5, 0.6) is 5.75 Å². The highest BCUT2D eigenvalue weighted by atomic mass is 19.4. The van der Waals surface area contributed by atoms with Gasteiger partial charge in [0.25, 0.3) is 0 Å². The summed E-state index contributed by atoms with van der Waals surface area (Å²) in [5.41, 5.74) is 0.548. The van der Waals surface area contributed by atoms with E-state index in [2.05, 4.69) is 25.8 Å². The number of nitrogens with one attached hydrogen (secondary N) is 2. The minimum Gasteiger partial charge on any atom is -0.497 e. The number of carbonyl (C=O) groups excluding carboxylic acids is 1. The van der Waals surface area contributed by atoms with Gasteiger partial charge in [-0.05, 0) is 30.9 Å². The number of halogens is 3. The molecule has 32 heavy (non-hydrogen) atoms. The first kappa shape index (κ1) is 23.6. The molecule has 11 heteroatoms. The minimum absolute atomic E-state index is 0.00292. The summed E-state index contributed by atoms with van der Waals surface area (Å²) in [4.78, 5) is 16.3. The third-order valence-corrected chi connectivity index (χ3v) is 5.23. The first-order valence-corrected chi connectivity index (χ1v) is 10.5. The number of rotatable bonds is 10. The summed E-state index contributed by atoms with van der Waals surface area (Å²) in [6, 6.07) is 4.62. The molecule has 0 spiro atoms. The number of anilines is 1. The molecule has 0 aliphatic heterocycles. The van der Waals surface area contributed by atoms with Gasteiger partial charge in [0.2, 0.25) is 17.4 Å². The topological polar surface area (TPSA) is 93.4 Å². The number of alkyl halides is 3. The molecule has 0 bridgehead atoms. The van der Waals surface area contributed by atoms with E-state index < -0.39 is 12.0 Å². The Hall–Kier alpha value is -3.11. The Morgan fingerprint density at radius 1 is 1.22 bits per heavy atom. The van der Waals surface area contributed by atoms with E-state index >= 15 is 0 Å². The summed E-state index contributed by atoms with van der Waals surface area (Å²) in [6.45, 7) is 5.07. The van der Waals surface area contributed by atoms with Crippen molar-refractivity contribution >= 4 is 28.4 Å². The van der Waals surface area contributed by atoms with Crippen LogP contribution in [0.1, 0.15) is 45.4 Å². The van der Waals surface area contributed by atoms with E-state index in [0.717, 1.165) is 17.2 Å². The fraction of sp³-hybridized carbons (Fsp3) is 0.524. The van der Waals surface area contributed by atoms with Crippen LogP contribution in [0.15, 0.2) is 18.2 Å². The average molecular weight is 452 g/mol. The van der Waals surface area contributed by atoms with E-state index in [1.165, 1.54) is 13.2 Å². The van der Waals surface area contributed by atoms with Crippen molar-refractivity contribution in [2.75, 3.05) is 25.5 Å². The first-order chi connectivity index (χ1) is 15.2. The molecule has 1 amide bonds. The van der Waals surface area contributed by atoms with Crippen molar-refractivity contribution in [2.24, 2.45) is 5.92 Å². The van der Waals surface area contributed by atoms with Gasteiger partial charge < -0.3 is 15.4 Å². The maximum atomic E-state index is 13.5. The summed E-state index contributed by atoms with van der Waals surface area (Å²) in [6.07, 6.45) is -1.80. The predicted molar refractivity (Wildman–Crippen MR) is 115 cm³/mol. The molecule has 0 aliphatic rings. The molecule has 2 N–H and O–H groups in total. The van der Waals surface area contributed by atoms with E-state index in [4.69, 9.17) is 4.74 Å². The zero-order valence-electron chi connectivity index (χ0n) is 18.3. The van der Waals surface area contributed by atoms with Gasteiger partial charge >= 0.3 is 6.18 Å². The fourth-order valence-electron chi connectivity index (χ4n) is 3.26. The molecular formula is C21H27F3N6O2. The molecule has 174 valence electrons. The Labute approximate surface area is 183 Å². The summed E-state index contributed by atoms with van der Waals surface area (Å²) in [7, 11) is 1.47. The van der Waals surface area contributed by atoms with Gasteiger partial charge in [0, 0.05) is 25.6 Å². The molecule has 0 saturated heterocycles. The highest BCUT2D eigenvalue weighted by Gasteiger charge is 2.38. The van der Waals surface area contributed by atoms with Crippen molar-refractivity contribution in [1.82, 2.24) is 24.9 Å². The molecule has 2 heterocycles. The normalized spacial score (nSPS) is 12.8. The second kappa shape index (κ2) is 10.0. The molecule has 2 aromatic heterocycles. The highest BCUT2D eigenvalue weighted by Crippen LogP contribution is 2.32. The van der Waals surface area contributed by atoms with Gasteiger partial charge in [0.1, 0.15) is 5.75 Å². The molecule has 0 aliphatic carbocycles. The molecular weight excluding hydrogens is 425 g/mol. The second-order valence-electron chi connectivity index (χ2n) is 7.70. The number of fused-ring (bicyclic) bond motifs is 3. The molecule has 3 aromatic rings. The third kappa shape index (κ3) is 5.38. The number of carbonyl (C=O) groups is 1. The Morgan fingerprint density at radius 3 is 2.66 bits per heavy atom. The first-order valence-electron chi connectivity index (χ1n) is 10.5. The highest BCUT2D eigenvalue weighted by molar-refractivity contribution is 5.84. The minimum atomic E-state index is -4.67. The SMILES string of the molecule is CCC(C)CC(=O)NCCCCNc1nc2cc(OC)ccc2n2c(C(F)(F)F)nnc12. The Morgan fingerprint density at radius 2 is 1.97 bits per heavy atom. The lowest BCUT2D eigenvalue weighted by Crippen LogP contribution is -2.26. The van der Waals surface area contributed by atoms with Crippen molar-refractivity contribution in [1.29, 1.82) is 0 Å². The second-order valence-corrected chi connectivity index (χ2v) is 7.70. The zero-order valence-corrected chi connectivity index (χ0v) is 18.3. The maximum Gasteiger partial charge on any atom is 0.452 e. The lowest BCUT2D eigenvalue weighted by atomic mass is 10.1. The molecule has 1 unspecified atom stereocenters. The number of ether oxygens (including phenoxy) is 1. The number of benzene rings is 1. The van der Waals surface area contributed by atoms with Gasteiger partial charge in [-0.2, -0.15) is 13.2 Å². The summed E-state index contributed by atoms with van der Waals surface area (Å²) in [5, 5.41) is 13.0. The van der Waals surface area contributed by atoms with Crippen LogP contribution in [0.2, 0.25) is 0 Å². The van der Waals surface area contributed by atoms with Crippen LogP contribution < -0.4 is 15.4 Å². The molecule has 0 fully saturated rings. The predicted octanol–water partition coefficient (Wildman–Crippen LogP) is 4.05. The van der Waals surface area contributed by atoms with Crippen molar-refractivity contribution in [3.63, 3.8) is 0 Å². The van der Waals surface area contributed by atoms with Crippen LogP contribution in [0.3, 0.4) is 0 Å². The molecule has 1 atom stereocenters. The Kier molecular flexibility index (Phi) is 7.37. The molecule has 0 radical (unpaired) electrons. The van der Waals surface area contributed by atoms with Gasteiger partial charge in [-0.25, -0.2) is 4.98 Å². The number of unbranched alkanes of at least 4 members (excludes halogenated alkanes) is 1. The summed E-state index contributed by atoms with van der Waals surface area (Å²) < 4.78 is 46.6. The van der Waals surface area contributed by atoms with Crippen molar-refractivity contribution in [3.8, 4) is 5.75 Å². The third-order valence-electron chi connectivity index (χ3n) is 5.23. The zero-order chi connectivity index (χ0) is 23.3. The van der Waals surface area contributed by atoms with Crippen LogP contribution in [-0.4, -0.2) is 45.7 Å². The van der Waals surface area contributed by atoms with Crippen LogP contribution >= 0.6 is 0 Å². The molecule has 0 saturated carbocycles. The van der Waals surface area contributed by atoms with Crippen LogP contribution in [0, 0.1) is 5.92 Å². The number of hydrogen-bond acceptors (Lipinski definition) is 6. The van der Waals surface area contributed by atoms with Gasteiger partial charge in [-0.15, -0.1) is 10.2 Å². The number of nitrogens with zero attached hydrogens (tertiary/aromatic N) is 4. The Bertz CT molecular complexity index is 1080. The number of aromatic nitrogens is 4. The molecule has 8 nitrogen and oxygen atoms in total. The van der Waals surface area contributed by atoms with E-state index in [1.807, 2.05) is 13.8 Å². The quantitative estimate of drug-likeness (QED) is 0.451. The monoisotopic (exact) mass is 452 g/mol. The lowest BCUT2D eigenvalue weighted by molar-refractivity contribution is -0.145. The van der Waals surface area contributed by atoms with Gasteiger partial charge in [-0.3, -0.25) is 9.20 Å². The maximum absolute atomic E-state index is 13.5. The van der Waals surface area contributed by atoms with E-state index in [1.54, 1.807) is 12.1 Å². The van der Waals surface area contributed by atoms with Crippen molar-refractivity contribution < 1.29 is 22.7 Å². The smallest absolute Gasteiger partial charge is 0.452 e.